The Hall–Kier alpha value is -2.26. The van der Waals surface area contributed by atoms with Crippen LogP contribution in [0.4, 0.5) is 0 Å². The molecule has 5 atom stereocenters. The third kappa shape index (κ3) is 4.99. The maximum Gasteiger partial charge on any atom is 0.163 e. The van der Waals surface area contributed by atoms with E-state index in [0.29, 0.717) is 12.8 Å². The van der Waals surface area contributed by atoms with Crippen molar-refractivity contribution in [3.05, 3.63) is 70.9 Å². The second-order valence-corrected chi connectivity index (χ2v) is 9.78. The van der Waals surface area contributed by atoms with E-state index in [1.54, 1.807) is 18.4 Å². The average Bonchev–Trinajstić information content (AvgIpc) is 3.10. The maximum atomic E-state index is 10.7. The zero-order valence-corrected chi connectivity index (χ0v) is 19.2. The third-order valence-corrected chi connectivity index (χ3v) is 6.27. The van der Waals surface area contributed by atoms with E-state index in [1.807, 2.05) is 55.6 Å². The Morgan fingerprint density at radius 3 is 2.24 bits per heavy atom. The van der Waals surface area contributed by atoms with Crippen LogP contribution in [-0.2, 0) is 17.6 Å². The Morgan fingerprint density at radius 2 is 1.61 bits per heavy atom. The molecule has 1 fully saturated rings. The molecule has 3 aromatic rings. The number of aliphatic hydroxyl groups excluding tert-OH is 4. The number of rotatable bonds is 6. The van der Waals surface area contributed by atoms with E-state index in [9.17, 15) is 25.5 Å². The van der Waals surface area contributed by atoms with E-state index in [-0.39, 0.29) is 0 Å². The molecule has 7 nitrogen and oxygen atoms in total. The summed E-state index contributed by atoms with van der Waals surface area (Å²) in [5, 5.41) is 51.7. The van der Waals surface area contributed by atoms with Crippen molar-refractivity contribution in [1.82, 2.24) is 4.57 Å². The monoisotopic (exact) mass is 455 g/mol. The number of aliphatic hydroxyl groups is 5. The fourth-order valence-corrected chi connectivity index (χ4v) is 4.59. The van der Waals surface area contributed by atoms with Crippen LogP contribution in [0.1, 0.15) is 42.3 Å². The van der Waals surface area contributed by atoms with Gasteiger partial charge in [-0.05, 0) is 55.5 Å². The van der Waals surface area contributed by atoms with Crippen molar-refractivity contribution in [3.8, 4) is 0 Å². The standard InChI is InChI=1S/C26H33NO6/c1-15-4-9-19-18(11-16-5-7-17(8-6-16)12-26(2,3)32)13-27(20(19)10-15)25-24(31)23(30)22(29)21(14-28)33-25/h4-10,13,21-25,28-32H,11-12,14H2,1-3H3/t21-,22-,23+,24-,25-/m1/s1. The summed E-state index contributed by atoms with van der Waals surface area (Å²) in [6.07, 6.45) is -2.98. The molecular weight excluding hydrogens is 422 g/mol. The Balaban J connectivity index is 1.68. The van der Waals surface area contributed by atoms with Gasteiger partial charge in [0.25, 0.3) is 0 Å². The van der Waals surface area contributed by atoms with Gasteiger partial charge in [-0.25, -0.2) is 0 Å². The van der Waals surface area contributed by atoms with Gasteiger partial charge in [0.05, 0.1) is 17.7 Å². The van der Waals surface area contributed by atoms with Gasteiger partial charge < -0.3 is 34.8 Å². The lowest BCUT2D eigenvalue weighted by Gasteiger charge is -2.40. The van der Waals surface area contributed by atoms with Crippen LogP contribution in [0.3, 0.4) is 0 Å². The van der Waals surface area contributed by atoms with Crippen molar-refractivity contribution in [2.75, 3.05) is 6.61 Å². The zero-order valence-electron chi connectivity index (χ0n) is 19.2. The molecule has 33 heavy (non-hydrogen) atoms. The van der Waals surface area contributed by atoms with E-state index in [1.165, 1.54) is 0 Å². The van der Waals surface area contributed by atoms with E-state index >= 15 is 0 Å². The van der Waals surface area contributed by atoms with Gasteiger partial charge in [0.2, 0.25) is 0 Å². The van der Waals surface area contributed by atoms with E-state index < -0.39 is 42.9 Å². The minimum atomic E-state index is -1.44. The summed E-state index contributed by atoms with van der Waals surface area (Å²) in [5.74, 6) is 0. The molecule has 2 heterocycles. The van der Waals surface area contributed by atoms with Crippen LogP contribution in [0.2, 0.25) is 0 Å². The molecule has 1 aromatic heterocycles. The summed E-state index contributed by atoms with van der Waals surface area (Å²) in [6, 6.07) is 14.2. The molecule has 5 N–H and O–H groups in total. The van der Waals surface area contributed by atoms with Gasteiger partial charge in [0, 0.05) is 18.0 Å². The number of fused-ring (bicyclic) bond motifs is 1. The normalized spacial score (nSPS) is 26.1. The van der Waals surface area contributed by atoms with Gasteiger partial charge in [-0.15, -0.1) is 0 Å². The van der Waals surface area contributed by atoms with Crippen LogP contribution in [0.5, 0.6) is 0 Å². The van der Waals surface area contributed by atoms with Crippen molar-refractivity contribution in [3.63, 3.8) is 0 Å². The quantitative estimate of drug-likeness (QED) is 0.387. The molecule has 1 aliphatic rings. The van der Waals surface area contributed by atoms with Gasteiger partial charge in [0.15, 0.2) is 6.23 Å². The zero-order chi connectivity index (χ0) is 23.9. The summed E-state index contributed by atoms with van der Waals surface area (Å²) in [7, 11) is 0. The third-order valence-electron chi connectivity index (χ3n) is 6.27. The molecule has 0 unspecified atom stereocenters. The summed E-state index contributed by atoms with van der Waals surface area (Å²) in [6.45, 7) is 5.09. The highest BCUT2D eigenvalue weighted by atomic mass is 16.6. The molecule has 0 amide bonds. The maximum absolute atomic E-state index is 10.7. The SMILES string of the molecule is Cc1ccc2c(Cc3ccc(CC(C)(C)O)cc3)cn([C@@H]3O[C@H](CO)[C@@H](O)[C@H](O)[C@H]3O)c2c1. The molecule has 0 bridgehead atoms. The molecule has 1 aliphatic heterocycles. The smallest absolute Gasteiger partial charge is 0.163 e. The number of hydrogen-bond donors (Lipinski definition) is 5. The van der Waals surface area contributed by atoms with Crippen LogP contribution < -0.4 is 0 Å². The molecule has 4 rings (SSSR count). The highest BCUT2D eigenvalue weighted by Gasteiger charge is 2.44. The van der Waals surface area contributed by atoms with Crippen LogP contribution in [0, 0.1) is 6.92 Å². The first kappa shape index (κ1) is 23.9. The first-order chi connectivity index (χ1) is 15.6. The second-order valence-electron chi connectivity index (χ2n) is 9.78. The minimum Gasteiger partial charge on any atom is -0.394 e. The lowest BCUT2D eigenvalue weighted by atomic mass is 9.96. The first-order valence-electron chi connectivity index (χ1n) is 11.3. The lowest BCUT2D eigenvalue weighted by Crippen LogP contribution is -2.56. The fraction of sp³-hybridized carbons (Fsp3) is 0.462. The molecule has 178 valence electrons. The number of hydrogen-bond acceptors (Lipinski definition) is 6. The molecule has 1 saturated heterocycles. The molecule has 7 heteroatoms. The Labute approximate surface area is 193 Å². The fourth-order valence-electron chi connectivity index (χ4n) is 4.59. The van der Waals surface area contributed by atoms with E-state index in [2.05, 4.69) is 0 Å². The van der Waals surface area contributed by atoms with Crippen LogP contribution in [0.25, 0.3) is 10.9 Å². The largest absolute Gasteiger partial charge is 0.394 e. The molecule has 0 radical (unpaired) electrons. The Kier molecular flexibility index (Phi) is 6.64. The van der Waals surface area contributed by atoms with Crippen LogP contribution in [-0.4, -0.2) is 66.7 Å². The van der Waals surface area contributed by atoms with Crippen LogP contribution in [0.15, 0.2) is 48.7 Å². The Morgan fingerprint density at radius 1 is 0.939 bits per heavy atom. The van der Waals surface area contributed by atoms with Crippen molar-refractivity contribution < 1.29 is 30.3 Å². The van der Waals surface area contributed by atoms with E-state index in [0.717, 1.165) is 33.2 Å². The van der Waals surface area contributed by atoms with Crippen molar-refractivity contribution >= 4 is 10.9 Å². The van der Waals surface area contributed by atoms with Gasteiger partial charge in [0.1, 0.15) is 24.4 Å². The predicted molar refractivity (Wildman–Crippen MR) is 125 cm³/mol. The van der Waals surface area contributed by atoms with Gasteiger partial charge in [-0.2, -0.15) is 0 Å². The lowest BCUT2D eigenvalue weighted by molar-refractivity contribution is -0.250. The van der Waals surface area contributed by atoms with Crippen molar-refractivity contribution in [2.45, 2.75) is 69.9 Å². The van der Waals surface area contributed by atoms with Gasteiger partial charge in [-0.3, -0.25) is 0 Å². The molecular formula is C26H33NO6. The van der Waals surface area contributed by atoms with Crippen molar-refractivity contribution in [1.29, 1.82) is 0 Å². The van der Waals surface area contributed by atoms with Crippen LogP contribution >= 0.6 is 0 Å². The summed E-state index contributed by atoms with van der Waals surface area (Å²) >= 11 is 0. The first-order valence-corrected chi connectivity index (χ1v) is 11.3. The van der Waals surface area contributed by atoms with Crippen molar-refractivity contribution in [2.24, 2.45) is 0 Å². The average molecular weight is 456 g/mol. The molecule has 0 saturated carbocycles. The molecule has 0 aliphatic carbocycles. The highest BCUT2D eigenvalue weighted by Crippen LogP contribution is 2.34. The highest BCUT2D eigenvalue weighted by molar-refractivity contribution is 5.85. The molecule has 0 spiro atoms. The predicted octanol–water partition coefficient (Wildman–Crippen LogP) is 1.83. The van der Waals surface area contributed by atoms with Gasteiger partial charge in [-0.1, -0.05) is 36.4 Å². The second kappa shape index (κ2) is 9.18. The minimum absolute atomic E-state index is 0.469. The Bertz CT molecular complexity index is 1100. The summed E-state index contributed by atoms with van der Waals surface area (Å²) in [4.78, 5) is 0. The topological polar surface area (TPSA) is 115 Å². The number of benzene rings is 2. The molecule has 2 aromatic carbocycles. The summed E-state index contributed by atoms with van der Waals surface area (Å²) < 4.78 is 7.60. The number of ether oxygens (including phenoxy) is 1. The number of nitrogens with zero attached hydrogens (tertiary/aromatic N) is 1. The summed E-state index contributed by atoms with van der Waals surface area (Å²) in [5.41, 5.74) is 4.30. The van der Waals surface area contributed by atoms with Gasteiger partial charge >= 0.3 is 0 Å². The number of aromatic nitrogens is 1. The number of aryl methyl sites for hydroxylation is 1. The van der Waals surface area contributed by atoms with E-state index in [4.69, 9.17) is 4.74 Å².